The van der Waals surface area contributed by atoms with Crippen LogP contribution in [0.4, 0.5) is 0 Å². The Bertz CT molecular complexity index is 682. The van der Waals surface area contributed by atoms with Crippen molar-refractivity contribution >= 4 is 0 Å². The van der Waals surface area contributed by atoms with Crippen LogP contribution in [0.15, 0.2) is 48.5 Å². The van der Waals surface area contributed by atoms with Gasteiger partial charge in [-0.25, -0.2) is 0 Å². The maximum Gasteiger partial charge on any atom is 0.119 e. The largest absolute Gasteiger partial charge is 0.491 e. The van der Waals surface area contributed by atoms with Crippen LogP contribution in [-0.4, -0.2) is 60.3 Å². The van der Waals surface area contributed by atoms with E-state index in [0.29, 0.717) is 13.2 Å². The molecule has 0 unspecified atom stereocenters. The van der Waals surface area contributed by atoms with Crippen molar-refractivity contribution in [2.45, 2.75) is 26.5 Å². The molecule has 0 spiro atoms. The molecular formula is C22H30N2O2. The molecule has 0 amide bonds. The van der Waals surface area contributed by atoms with Crippen LogP contribution in [0.5, 0.6) is 5.75 Å². The van der Waals surface area contributed by atoms with Crippen molar-refractivity contribution in [3.63, 3.8) is 0 Å². The van der Waals surface area contributed by atoms with Crippen molar-refractivity contribution in [1.82, 2.24) is 9.80 Å². The molecule has 1 aliphatic rings. The van der Waals surface area contributed by atoms with Gasteiger partial charge in [0.05, 0.1) is 0 Å². The van der Waals surface area contributed by atoms with E-state index in [1.165, 1.54) is 16.7 Å². The van der Waals surface area contributed by atoms with Gasteiger partial charge in [-0.3, -0.25) is 9.80 Å². The fourth-order valence-electron chi connectivity index (χ4n) is 3.32. The molecule has 140 valence electrons. The number of ether oxygens (including phenoxy) is 1. The summed E-state index contributed by atoms with van der Waals surface area (Å²) in [7, 11) is 0. The normalized spacial score (nSPS) is 17.2. The average molecular weight is 354 g/mol. The number of β-amino-alcohol motifs (C(OH)–C–C–N with tert-alkyl or cyclic N) is 1. The molecule has 1 atom stereocenters. The summed E-state index contributed by atoms with van der Waals surface area (Å²) in [6.45, 7) is 10.3. The molecule has 0 radical (unpaired) electrons. The van der Waals surface area contributed by atoms with E-state index in [0.717, 1.165) is 38.5 Å². The molecule has 0 saturated carbocycles. The lowest BCUT2D eigenvalue weighted by Crippen LogP contribution is -2.48. The molecule has 1 heterocycles. The zero-order chi connectivity index (χ0) is 18.4. The second kappa shape index (κ2) is 9.17. The summed E-state index contributed by atoms with van der Waals surface area (Å²) in [6, 6.07) is 16.7. The Labute approximate surface area is 157 Å². The molecule has 26 heavy (non-hydrogen) atoms. The first-order chi connectivity index (χ1) is 12.6. The summed E-state index contributed by atoms with van der Waals surface area (Å²) in [5.74, 6) is 0.833. The summed E-state index contributed by atoms with van der Waals surface area (Å²) in [6.07, 6.45) is -0.461. The van der Waals surface area contributed by atoms with Crippen LogP contribution in [0.25, 0.3) is 0 Å². The Hall–Kier alpha value is -1.88. The maximum absolute atomic E-state index is 10.3. The number of aryl methyl sites for hydroxylation is 2. The van der Waals surface area contributed by atoms with Gasteiger partial charge < -0.3 is 9.84 Å². The first-order valence-corrected chi connectivity index (χ1v) is 9.47. The van der Waals surface area contributed by atoms with Crippen molar-refractivity contribution in [3.8, 4) is 5.75 Å². The van der Waals surface area contributed by atoms with E-state index < -0.39 is 6.10 Å². The Balaban J connectivity index is 1.37. The highest BCUT2D eigenvalue weighted by Crippen LogP contribution is 2.16. The van der Waals surface area contributed by atoms with Crippen LogP contribution in [0.1, 0.15) is 16.7 Å². The van der Waals surface area contributed by atoms with Crippen LogP contribution in [-0.2, 0) is 6.54 Å². The summed E-state index contributed by atoms with van der Waals surface area (Å²) in [5.41, 5.74) is 3.83. The Kier molecular flexibility index (Phi) is 6.67. The van der Waals surface area contributed by atoms with Crippen molar-refractivity contribution in [3.05, 3.63) is 65.2 Å². The smallest absolute Gasteiger partial charge is 0.119 e. The van der Waals surface area contributed by atoms with E-state index in [-0.39, 0.29) is 0 Å². The lowest BCUT2D eigenvalue weighted by atomic mass is 10.1. The number of nitrogens with zero attached hydrogens (tertiary/aromatic N) is 2. The van der Waals surface area contributed by atoms with Crippen LogP contribution >= 0.6 is 0 Å². The molecule has 4 heteroatoms. The highest BCUT2D eigenvalue weighted by Gasteiger charge is 2.19. The van der Waals surface area contributed by atoms with Crippen molar-refractivity contribution in [2.75, 3.05) is 39.3 Å². The molecule has 1 N–H and O–H groups in total. The quantitative estimate of drug-likeness (QED) is 0.829. The predicted molar refractivity (Wildman–Crippen MR) is 106 cm³/mol. The number of aliphatic hydroxyl groups is 1. The van der Waals surface area contributed by atoms with E-state index in [4.69, 9.17) is 4.74 Å². The van der Waals surface area contributed by atoms with Gasteiger partial charge in [0.1, 0.15) is 18.5 Å². The van der Waals surface area contributed by atoms with Crippen molar-refractivity contribution in [1.29, 1.82) is 0 Å². The molecule has 0 aliphatic carbocycles. The molecule has 0 bridgehead atoms. The predicted octanol–water partition coefficient (Wildman–Crippen LogP) is 2.86. The number of hydrogen-bond donors (Lipinski definition) is 1. The molecule has 4 nitrogen and oxygen atoms in total. The van der Waals surface area contributed by atoms with Gasteiger partial charge in [0, 0.05) is 39.3 Å². The minimum absolute atomic E-state index is 0.340. The number of aliphatic hydroxyl groups excluding tert-OH is 1. The van der Waals surface area contributed by atoms with Gasteiger partial charge in [-0.15, -0.1) is 0 Å². The number of hydrogen-bond acceptors (Lipinski definition) is 4. The van der Waals surface area contributed by atoms with Gasteiger partial charge in [0.2, 0.25) is 0 Å². The minimum atomic E-state index is -0.461. The molecular weight excluding hydrogens is 324 g/mol. The topological polar surface area (TPSA) is 35.9 Å². The van der Waals surface area contributed by atoms with E-state index in [1.807, 2.05) is 12.1 Å². The Morgan fingerprint density at radius 1 is 0.923 bits per heavy atom. The SMILES string of the molecule is Cc1ccc(OC[C@H](O)CN2CCN(Cc3ccccc3)CC2)cc1C. The fourth-order valence-corrected chi connectivity index (χ4v) is 3.32. The Morgan fingerprint density at radius 3 is 2.31 bits per heavy atom. The molecule has 1 saturated heterocycles. The van der Waals surface area contributed by atoms with Crippen LogP contribution < -0.4 is 4.74 Å². The van der Waals surface area contributed by atoms with E-state index in [2.05, 4.69) is 60.0 Å². The van der Waals surface area contributed by atoms with Crippen LogP contribution in [0.2, 0.25) is 0 Å². The van der Waals surface area contributed by atoms with Gasteiger partial charge >= 0.3 is 0 Å². The highest BCUT2D eigenvalue weighted by molar-refractivity contribution is 5.33. The zero-order valence-corrected chi connectivity index (χ0v) is 15.9. The molecule has 3 rings (SSSR count). The highest BCUT2D eigenvalue weighted by atomic mass is 16.5. The van der Waals surface area contributed by atoms with Crippen molar-refractivity contribution < 1.29 is 9.84 Å². The van der Waals surface area contributed by atoms with Crippen LogP contribution in [0.3, 0.4) is 0 Å². The third kappa shape index (κ3) is 5.56. The average Bonchev–Trinajstić information content (AvgIpc) is 2.65. The second-order valence-corrected chi connectivity index (χ2v) is 7.27. The monoisotopic (exact) mass is 354 g/mol. The fraction of sp³-hybridized carbons (Fsp3) is 0.455. The lowest BCUT2D eigenvalue weighted by Gasteiger charge is -2.35. The maximum atomic E-state index is 10.3. The third-order valence-electron chi connectivity index (χ3n) is 5.10. The first-order valence-electron chi connectivity index (χ1n) is 9.47. The van der Waals surface area contributed by atoms with Gasteiger partial charge in [-0.2, -0.15) is 0 Å². The molecule has 2 aromatic rings. The first kappa shape index (κ1) is 18.9. The van der Waals surface area contributed by atoms with Gasteiger partial charge in [-0.05, 0) is 42.7 Å². The standard InChI is InChI=1S/C22H30N2O2/c1-18-8-9-22(14-19(18)2)26-17-21(25)16-24-12-10-23(11-13-24)15-20-6-4-3-5-7-20/h3-9,14,21,25H,10-13,15-17H2,1-2H3/t21-/m1/s1. The number of rotatable bonds is 7. The van der Waals surface area contributed by atoms with Crippen molar-refractivity contribution in [2.24, 2.45) is 0 Å². The summed E-state index contributed by atoms with van der Waals surface area (Å²) < 4.78 is 5.76. The molecule has 2 aromatic carbocycles. The van der Waals surface area contributed by atoms with E-state index >= 15 is 0 Å². The van der Waals surface area contributed by atoms with E-state index in [1.54, 1.807) is 0 Å². The zero-order valence-electron chi connectivity index (χ0n) is 15.9. The Morgan fingerprint density at radius 2 is 1.62 bits per heavy atom. The van der Waals surface area contributed by atoms with Crippen LogP contribution in [0, 0.1) is 13.8 Å². The number of benzene rings is 2. The summed E-state index contributed by atoms with van der Waals surface area (Å²) in [5, 5.41) is 10.3. The van der Waals surface area contributed by atoms with Gasteiger partial charge in [0.15, 0.2) is 0 Å². The summed E-state index contributed by atoms with van der Waals surface area (Å²) in [4.78, 5) is 4.81. The second-order valence-electron chi connectivity index (χ2n) is 7.27. The lowest BCUT2D eigenvalue weighted by molar-refractivity contribution is 0.0446. The summed E-state index contributed by atoms with van der Waals surface area (Å²) >= 11 is 0. The molecule has 1 fully saturated rings. The molecule has 1 aliphatic heterocycles. The minimum Gasteiger partial charge on any atom is -0.491 e. The number of piperazine rings is 1. The van der Waals surface area contributed by atoms with E-state index in [9.17, 15) is 5.11 Å². The third-order valence-corrected chi connectivity index (χ3v) is 5.10. The van der Waals surface area contributed by atoms with Gasteiger partial charge in [0.25, 0.3) is 0 Å². The van der Waals surface area contributed by atoms with Gasteiger partial charge in [-0.1, -0.05) is 36.4 Å². The molecule has 0 aromatic heterocycles.